The molecule has 0 bridgehead atoms. The molecule has 1 aliphatic rings. The summed E-state index contributed by atoms with van der Waals surface area (Å²) in [5, 5.41) is 8.88. The number of carbonyl (C=O) groups excluding carboxylic acids is 1. The molecule has 3 aromatic rings. The Morgan fingerprint density at radius 3 is 2.44 bits per heavy atom. The maximum absolute atomic E-state index is 12.5. The minimum atomic E-state index is -0.284. The summed E-state index contributed by atoms with van der Waals surface area (Å²) in [6.07, 6.45) is 3.31. The van der Waals surface area contributed by atoms with Crippen molar-refractivity contribution in [3.8, 4) is 22.9 Å². The van der Waals surface area contributed by atoms with Gasteiger partial charge in [0.25, 0.3) is 0 Å². The number of hydrogen-bond donors (Lipinski definition) is 0. The van der Waals surface area contributed by atoms with Crippen LogP contribution in [0.25, 0.3) is 11.1 Å². The van der Waals surface area contributed by atoms with Gasteiger partial charge in [0.1, 0.15) is 10.6 Å². The lowest BCUT2D eigenvalue weighted by Gasteiger charge is -2.16. The van der Waals surface area contributed by atoms with E-state index in [9.17, 15) is 4.79 Å². The van der Waals surface area contributed by atoms with Crippen LogP contribution < -0.4 is 4.74 Å². The highest BCUT2D eigenvalue weighted by atomic mass is 32.1. The SMILES string of the molecule is CC1CCc2sc(C(=O)Oc3ccc(-c4ccc(C#N)cc4)cc3)cc2C1. The van der Waals surface area contributed by atoms with E-state index in [0.29, 0.717) is 22.1 Å². The second-order valence-electron chi connectivity index (χ2n) is 7.01. The number of esters is 1. The quantitative estimate of drug-likeness (QED) is 0.441. The van der Waals surface area contributed by atoms with Gasteiger partial charge < -0.3 is 4.74 Å². The third-order valence-electron chi connectivity index (χ3n) is 4.94. The van der Waals surface area contributed by atoms with Crippen LogP contribution in [0, 0.1) is 17.2 Å². The van der Waals surface area contributed by atoms with Gasteiger partial charge in [-0.2, -0.15) is 5.26 Å². The van der Waals surface area contributed by atoms with Crippen molar-refractivity contribution in [2.24, 2.45) is 5.92 Å². The first-order valence-corrected chi connectivity index (χ1v) is 9.88. The number of fused-ring (bicyclic) bond motifs is 1. The zero-order chi connectivity index (χ0) is 18.8. The highest BCUT2D eigenvalue weighted by Gasteiger charge is 2.21. The molecule has 1 unspecified atom stereocenters. The number of nitrogens with zero attached hydrogens (tertiary/aromatic N) is 1. The first-order valence-electron chi connectivity index (χ1n) is 9.07. The molecule has 1 heterocycles. The summed E-state index contributed by atoms with van der Waals surface area (Å²) < 4.78 is 5.56. The van der Waals surface area contributed by atoms with Gasteiger partial charge in [-0.15, -0.1) is 11.3 Å². The molecule has 27 heavy (non-hydrogen) atoms. The van der Waals surface area contributed by atoms with Gasteiger partial charge in [-0.25, -0.2) is 4.79 Å². The van der Waals surface area contributed by atoms with Crippen molar-refractivity contribution in [3.63, 3.8) is 0 Å². The molecular weight excluding hydrogens is 354 g/mol. The molecule has 0 radical (unpaired) electrons. The molecular formula is C23H19NO2S. The minimum absolute atomic E-state index is 0.284. The van der Waals surface area contributed by atoms with Gasteiger partial charge in [0.05, 0.1) is 11.6 Å². The molecule has 0 amide bonds. The van der Waals surface area contributed by atoms with E-state index in [4.69, 9.17) is 10.00 Å². The summed E-state index contributed by atoms with van der Waals surface area (Å²) in [5.74, 6) is 0.941. The molecule has 0 saturated carbocycles. The van der Waals surface area contributed by atoms with Crippen LogP contribution in [0.5, 0.6) is 5.75 Å². The van der Waals surface area contributed by atoms with Gasteiger partial charge in [-0.3, -0.25) is 0 Å². The van der Waals surface area contributed by atoms with Gasteiger partial charge in [-0.05, 0) is 72.2 Å². The van der Waals surface area contributed by atoms with Crippen LogP contribution in [0.1, 0.15) is 39.0 Å². The molecule has 0 saturated heterocycles. The third-order valence-corrected chi connectivity index (χ3v) is 6.16. The van der Waals surface area contributed by atoms with Crippen molar-refractivity contribution in [2.45, 2.75) is 26.2 Å². The molecule has 3 nitrogen and oxygen atoms in total. The van der Waals surface area contributed by atoms with Gasteiger partial charge >= 0.3 is 5.97 Å². The fourth-order valence-electron chi connectivity index (χ4n) is 3.42. The standard InChI is InChI=1S/C23H19NO2S/c1-15-2-11-21-19(12-15)13-22(27-21)23(25)26-20-9-7-18(8-10-20)17-5-3-16(14-24)4-6-17/h3-10,13,15H,2,11-12H2,1H3. The molecule has 4 heteroatoms. The predicted octanol–water partition coefficient (Wildman–Crippen LogP) is 5.63. The highest BCUT2D eigenvalue weighted by Crippen LogP contribution is 2.33. The van der Waals surface area contributed by atoms with Crippen LogP contribution in [0.15, 0.2) is 54.6 Å². The summed E-state index contributed by atoms with van der Waals surface area (Å²) in [6, 6.07) is 19.0. The molecule has 1 atom stereocenters. The largest absolute Gasteiger partial charge is 0.422 e. The van der Waals surface area contributed by atoms with Gasteiger partial charge in [-0.1, -0.05) is 31.2 Å². The summed E-state index contributed by atoms with van der Waals surface area (Å²) in [4.78, 5) is 14.5. The number of thiophene rings is 1. The Kier molecular flexibility index (Phi) is 4.79. The molecule has 4 rings (SSSR count). The molecule has 134 valence electrons. The summed E-state index contributed by atoms with van der Waals surface area (Å²) >= 11 is 1.57. The second-order valence-corrected chi connectivity index (χ2v) is 8.15. The van der Waals surface area contributed by atoms with Crippen LogP contribution in [-0.2, 0) is 12.8 Å². The first-order chi connectivity index (χ1) is 13.1. The van der Waals surface area contributed by atoms with Crippen LogP contribution in [-0.4, -0.2) is 5.97 Å². The van der Waals surface area contributed by atoms with Gasteiger partial charge in [0, 0.05) is 4.88 Å². The van der Waals surface area contributed by atoms with E-state index in [1.807, 2.05) is 30.3 Å². The van der Waals surface area contributed by atoms with E-state index in [2.05, 4.69) is 13.0 Å². The average molecular weight is 373 g/mol. The van der Waals surface area contributed by atoms with Crippen LogP contribution in [0.2, 0.25) is 0 Å². The Morgan fingerprint density at radius 2 is 1.78 bits per heavy atom. The molecule has 1 aromatic heterocycles. The summed E-state index contributed by atoms with van der Waals surface area (Å²) in [5.41, 5.74) is 3.98. The number of rotatable bonds is 3. The number of hydrogen-bond acceptors (Lipinski definition) is 4. The Balaban J connectivity index is 1.46. The second kappa shape index (κ2) is 7.38. The number of benzene rings is 2. The predicted molar refractivity (Wildman–Crippen MR) is 107 cm³/mol. The van der Waals surface area contributed by atoms with Crippen molar-refractivity contribution < 1.29 is 9.53 Å². The molecule has 0 fully saturated rings. The minimum Gasteiger partial charge on any atom is -0.422 e. The molecule has 0 N–H and O–H groups in total. The van der Waals surface area contributed by atoms with Crippen LogP contribution in [0.4, 0.5) is 0 Å². The van der Waals surface area contributed by atoms with Crippen molar-refractivity contribution in [1.82, 2.24) is 0 Å². The summed E-state index contributed by atoms with van der Waals surface area (Å²) in [7, 11) is 0. The smallest absolute Gasteiger partial charge is 0.353 e. The van der Waals surface area contributed by atoms with E-state index < -0.39 is 0 Å². The summed E-state index contributed by atoms with van der Waals surface area (Å²) in [6.45, 7) is 2.26. The lowest BCUT2D eigenvalue weighted by molar-refractivity contribution is 0.0740. The number of ether oxygens (including phenoxy) is 1. The van der Waals surface area contributed by atoms with E-state index in [0.717, 1.165) is 24.0 Å². The van der Waals surface area contributed by atoms with Crippen molar-refractivity contribution in [1.29, 1.82) is 5.26 Å². The van der Waals surface area contributed by atoms with Crippen LogP contribution >= 0.6 is 11.3 Å². The Labute approximate surface area is 162 Å². The lowest BCUT2D eigenvalue weighted by Crippen LogP contribution is -2.08. The fourth-order valence-corrected chi connectivity index (χ4v) is 4.50. The third kappa shape index (κ3) is 3.79. The van der Waals surface area contributed by atoms with Crippen molar-refractivity contribution in [3.05, 3.63) is 75.5 Å². The number of carbonyl (C=O) groups is 1. The zero-order valence-corrected chi connectivity index (χ0v) is 15.9. The number of aryl methyl sites for hydroxylation is 1. The highest BCUT2D eigenvalue weighted by molar-refractivity contribution is 7.14. The maximum atomic E-state index is 12.5. The maximum Gasteiger partial charge on any atom is 0.353 e. The van der Waals surface area contributed by atoms with Crippen molar-refractivity contribution in [2.75, 3.05) is 0 Å². The monoisotopic (exact) mass is 373 g/mol. The van der Waals surface area contributed by atoms with Crippen molar-refractivity contribution >= 4 is 17.3 Å². The molecule has 1 aliphatic carbocycles. The molecule has 2 aromatic carbocycles. The molecule has 0 aliphatic heterocycles. The number of nitriles is 1. The van der Waals surface area contributed by atoms with E-state index >= 15 is 0 Å². The first kappa shape index (κ1) is 17.5. The zero-order valence-electron chi connectivity index (χ0n) is 15.1. The molecule has 0 spiro atoms. The Bertz CT molecular complexity index is 1010. The average Bonchev–Trinajstić information content (AvgIpc) is 3.12. The van der Waals surface area contributed by atoms with E-state index in [-0.39, 0.29) is 5.97 Å². The fraction of sp³-hybridized carbons (Fsp3) is 0.217. The topological polar surface area (TPSA) is 50.1 Å². The van der Waals surface area contributed by atoms with E-state index in [1.165, 1.54) is 16.9 Å². The Morgan fingerprint density at radius 1 is 1.11 bits per heavy atom. The van der Waals surface area contributed by atoms with Gasteiger partial charge in [0.15, 0.2) is 0 Å². The van der Waals surface area contributed by atoms with Crippen LogP contribution in [0.3, 0.4) is 0 Å². The Hall–Kier alpha value is -2.90. The van der Waals surface area contributed by atoms with E-state index in [1.54, 1.807) is 35.6 Å². The normalized spacial score (nSPS) is 15.6. The van der Waals surface area contributed by atoms with Gasteiger partial charge in [0.2, 0.25) is 0 Å². The lowest BCUT2D eigenvalue weighted by atomic mass is 9.90.